The zero-order valence-electron chi connectivity index (χ0n) is 13.5. The Labute approximate surface area is 124 Å². The summed E-state index contributed by atoms with van der Waals surface area (Å²) in [5.41, 5.74) is -0.537. The maximum atomic E-state index is 11.7. The second kappa shape index (κ2) is 9.35. The predicted molar refractivity (Wildman–Crippen MR) is 82.9 cm³/mol. The molecule has 1 saturated heterocycles. The van der Waals surface area contributed by atoms with E-state index >= 15 is 0 Å². The summed E-state index contributed by atoms with van der Waals surface area (Å²) in [7, 11) is 3.29. The van der Waals surface area contributed by atoms with Crippen LogP contribution in [0.4, 0.5) is 0 Å². The number of likely N-dealkylation sites (N-methyl/N-ethyl adjacent to an activating group) is 1. The average Bonchev–Trinajstić information content (AvgIpc) is 2.44. The molecule has 1 aliphatic rings. The van der Waals surface area contributed by atoms with Crippen LogP contribution in [0.15, 0.2) is 0 Å². The largest absolute Gasteiger partial charge is 0.468 e. The van der Waals surface area contributed by atoms with Gasteiger partial charge in [-0.3, -0.25) is 4.79 Å². The Morgan fingerprint density at radius 3 is 2.30 bits per heavy atom. The van der Waals surface area contributed by atoms with Crippen LogP contribution in [-0.4, -0.2) is 50.2 Å². The number of hydrogen-bond donors (Lipinski definition) is 1. The fraction of sp³-hybridized carbons (Fsp3) is 0.938. The molecule has 1 N–H and O–H groups in total. The molecule has 1 fully saturated rings. The standard InChI is InChI=1S/C16H32N2O2/c1-16(17-2,15(19)20-3)11-7-10-14-18-12-8-5-4-6-9-13-18/h17H,4-14H2,1-3H3. The summed E-state index contributed by atoms with van der Waals surface area (Å²) < 4.78 is 4.87. The van der Waals surface area contributed by atoms with Crippen molar-refractivity contribution in [1.29, 1.82) is 0 Å². The SMILES string of the molecule is CNC(C)(CCCCN1CCCCCCC1)C(=O)OC. The zero-order valence-corrected chi connectivity index (χ0v) is 13.5. The smallest absolute Gasteiger partial charge is 0.325 e. The predicted octanol–water partition coefficient (Wildman–Crippen LogP) is 2.57. The number of carbonyl (C=O) groups excluding carboxylic acids is 1. The van der Waals surface area contributed by atoms with Gasteiger partial charge < -0.3 is 15.0 Å². The number of likely N-dealkylation sites (tertiary alicyclic amines) is 1. The molecule has 0 radical (unpaired) electrons. The first-order valence-electron chi connectivity index (χ1n) is 8.12. The fourth-order valence-corrected chi connectivity index (χ4v) is 2.90. The van der Waals surface area contributed by atoms with Crippen molar-refractivity contribution in [2.75, 3.05) is 33.8 Å². The first kappa shape index (κ1) is 17.4. The molecule has 0 bridgehead atoms. The number of nitrogens with zero attached hydrogens (tertiary/aromatic N) is 1. The van der Waals surface area contributed by atoms with Crippen LogP contribution in [0, 0.1) is 0 Å². The van der Waals surface area contributed by atoms with E-state index < -0.39 is 5.54 Å². The molecule has 0 aromatic rings. The summed E-state index contributed by atoms with van der Waals surface area (Å²) in [5, 5.41) is 3.10. The Kier molecular flexibility index (Phi) is 8.15. The van der Waals surface area contributed by atoms with Crippen molar-refractivity contribution in [3.05, 3.63) is 0 Å². The van der Waals surface area contributed by atoms with Gasteiger partial charge in [0.25, 0.3) is 0 Å². The minimum absolute atomic E-state index is 0.161. The minimum atomic E-state index is -0.537. The molecular formula is C16H32N2O2. The maximum absolute atomic E-state index is 11.7. The molecule has 0 aliphatic carbocycles. The Bertz CT molecular complexity index is 276. The van der Waals surface area contributed by atoms with E-state index in [0.717, 1.165) is 19.3 Å². The molecule has 1 heterocycles. The Balaban J connectivity index is 2.23. The van der Waals surface area contributed by atoms with E-state index in [1.54, 1.807) is 0 Å². The van der Waals surface area contributed by atoms with Crippen molar-refractivity contribution in [3.63, 3.8) is 0 Å². The van der Waals surface area contributed by atoms with E-state index in [0.29, 0.717) is 0 Å². The number of nitrogens with one attached hydrogen (secondary N) is 1. The molecule has 1 aliphatic heterocycles. The summed E-state index contributed by atoms with van der Waals surface area (Å²) in [4.78, 5) is 14.3. The Hall–Kier alpha value is -0.610. The number of rotatable bonds is 7. The average molecular weight is 284 g/mol. The highest BCUT2D eigenvalue weighted by Gasteiger charge is 2.31. The molecule has 0 amide bonds. The summed E-state index contributed by atoms with van der Waals surface area (Å²) in [6.07, 6.45) is 9.93. The maximum Gasteiger partial charge on any atom is 0.325 e. The van der Waals surface area contributed by atoms with Crippen LogP contribution < -0.4 is 5.32 Å². The third-order valence-electron chi connectivity index (χ3n) is 4.54. The van der Waals surface area contributed by atoms with Gasteiger partial charge in [0.15, 0.2) is 0 Å². The van der Waals surface area contributed by atoms with Crippen molar-refractivity contribution >= 4 is 5.97 Å². The summed E-state index contributed by atoms with van der Waals surface area (Å²) in [5.74, 6) is -0.161. The van der Waals surface area contributed by atoms with Gasteiger partial charge in [-0.25, -0.2) is 0 Å². The van der Waals surface area contributed by atoms with Gasteiger partial charge in [-0.2, -0.15) is 0 Å². The molecular weight excluding hydrogens is 252 g/mol. The van der Waals surface area contributed by atoms with E-state index in [1.807, 2.05) is 14.0 Å². The molecule has 0 spiro atoms. The van der Waals surface area contributed by atoms with Crippen molar-refractivity contribution in [3.8, 4) is 0 Å². The fourth-order valence-electron chi connectivity index (χ4n) is 2.90. The van der Waals surface area contributed by atoms with Crippen molar-refractivity contribution < 1.29 is 9.53 Å². The van der Waals surface area contributed by atoms with Crippen LogP contribution >= 0.6 is 0 Å². The van der Waals surface area contributed by atoms with Gasteiger partial charge in [0.05, 0.1) is 7.11 Å². The van der Waals surface area contributed by atoms with Crippen LogP contribution in [0.2, 0.25) is 0 Å². The second-order valence-electron chi connectivity index (χ2n) is 6.14. The summed E-state index contributed by atoms with van der Waals surface area (Å²) >= 11 is 0. The van der Waals surface area contributed by atoms with Crippen LogP contribution in [0.25, 0.3) is 0 Å². The van der Waals surface area contributed by atoms with Gasteiger partial charge in [-0.15, -0.1) is 0 Å². The number of hydrogen-bond acceptors (Lipinski definition) is 4. The van der Waals surface area contributed by atoms with Gasteiger partial charge in [-0.1, -0.05) is 19.3 Å². The van der Waals surface area contributed by atoms with Crippen LogP contribution in [-0.2, 0) is 9.53 Å². The molecule has 118 valence electrons. The van der Waals surface area contributed by atoms with Crippen LogP contribution in [0.5, 0.6) is 0 Å². The van der Waals surface area contributed by atoms with Crippen molar-refractivity contribution in [2.45, 2.75) is 63.8 Å². The highest BCUT2D eigenvalue weighted by atomic mass is 16.5. The highest BCUT2D eigenvalue weighted by Crippen LogP contribution is 2.16. The molecule has 0 aromatic carbocycles. The number of ether oxygens (including phenoxy) is 1. The lowest BCUT2D eigenvalue weighted by Gasteiger charge is -2.27. The van der Waals surface area contributed by atoms with Crippen LogP contribution in [0.3, 0.4) is 0 Å². The first-order valence-corrected chi connectivity index (χ1v) is 8.12. The van der Waals surface area contributed by atoms with Gasteiger partial charge >= 0.3 is 5.97 Å². The first-order chi connectivity index (χ1) is 9.62. The number of carbonyl (C=O) groups is 1. The lowest BCUT2D eigenvalue weighted by molar-refractivity contribution is -0.148. The van der Waals surface area contributed by atoms with Gasteiger partial charge in [0, 0.05) is 0 Å². The van der Waals surface area contributed by atoms with E-state index in [-0.39, 0.29) is 5.97 Å². The van der Waals surface area contributed by atoms with E-state index in [4.69, 9.17) is 4.74 Å². The Morgan fingerprint density at radius 1 is 1.15 bits per heavy atom. The molecule has 4 heteroatoms. The van der Waals surface area contributed by atoms with Crippen molar-refractivity contribution in [2.24, 2.45) is 0 Å². The molecule has 20 heavy (non-hydrogen) atoms. The monoisotopic (exact) mass is 284 g/mol. The van der Waals surface area contributed by atoms with E-state index in [2.05, 4.69) is 10.2 Å². The molecule has 4 nitrogen and oxygen atoms in total. The van der Waals surface area contributed by atoms with Gasteiger partial charge in [-0.05, 0) is 65.7 Å². The quantitative estimate of drug-likeness (QED) is 0.576. The zero-order chi connectivity index (χ0) is 14.8. The summed E-state index contributed by atoms with van der Waals surface area (Å²) in [6.45, 7) is 5.59. The van der Waals surface area contributed by atoms with E-state index in [9.17, 15) is 4.79 Å². The minimum Gasteiger partial charge on any atom is -0.468 e. The highest BCUT2D eigenvalue weighted by molar-refractivity contribution is 5.80. The number of methoxy groups -OCH3 is 1. The van der Waals surface area contributed by atoms with Gasteiger partial charge in [0.1, 0.15) is 5.54 Å². The second-order valence-corrected chi connectivity index (χ2v) is 6.14. The lowest BCUT2D eigenvalue weighted by atomic mass is 9.95. The number of unbranched alkanes of at least 4 members (excludes halogenated alkanes) is 1. The van der Waals surface area contributed by atoms with Crippen molar-refractivity contribution in [1.82, 2.24) is 10.2 Å². The topological polar surface area (TPSA) is 41.6 Å². The molecule has 0 saturated carbocycles. The molecule has 0 aromatic heterocycles. The molecule has 1 atom stereocenters. The molecule has 1 rings (SSSR count). The lowest BCUT2D eigenvalue weighted by Crippen LogP contribution is -2.48. The third-order valence-corrected chi connectivity index (χ3v) is 4.54. The van der Waals surface area contributed by atoms with E-state index in [1.165, 1.54) is 58.8 Å². The van der Waals surface area contributed by atoms with Crippen LogP contribution in [0.1, 0.15) is 58.3 Å². The van der Waals surface area contributed by atoms with Gasteiger partial charge in [0.2, 0.25) is 0 Å². The third kappa shape index (κ3) is 5.80. The number of esters is 1. The molecule has 1 unspecified atom stereocenters. The Morgan fingerprint density at radius 2 is 1.75 bits per heavy atom. The normalized spacial score (nSPS) is 20.8. The summed E-state index contributed by atoms with van der Waals surface area (Å²) in [6, 6.07) is 0.